The summed E-state index contributed by atoms with van der Waals surface area (Å²) in [5, 5.41) is 3.70. The van der Waals surface area contributed by atoms with Gasteiger partial charge in [0.05, 0.1) is 24.0 Å². The van der Waals surface area contributed by atoms with Gasteiger partial charge in [-0.15, -0.1) is 0 Å². The summed E-state index contributed by atoms with van der Waals surface area (Å²) in [6, 6.07) is 14.1. The van der Waals surface area contributed by atoms with Gasteiger partial charge in [0.2, 0.25) is 11.3 Å². The molecule has 0 bridgehead atoms. The van der Waals surface area contributed by atoms with E-state index in [-0.39, 0.29) is 17.2 Å². The predicted molar refractivity (Wildman–Crippen MR) is 111 cm³/mol. The summed E-state index contributed by atoms with van der Waals surface area (Å²) in [6.07, 6.45) is 3.51. The lowest BCUT2D eigenvalue weighted by atomic mass is 10.0. The van der Waals surface area contributed by atoms with Crippen LogP contribution in [0.5, 0.6) is 0 Å². The van der Waals surface area contributed by atoms with Crippen LogP contribution in [-0.2, 0) is 4.79 Å². The molecule has 3 aromatic rings. The Kier molecular flexibility index (Phi) is 5.46. The number of piperidine rings is 1. The molecule has 0 saturated carbocycles. The van der Waals surface area contributed by atoms with E-state index in [2.05, 4.69) is 5.32 Å². The average Bonchev–Trinajstić information content (AvgIpc) is 2.70. The molecule has 144 valence electrons. The van der Waals surface area contributed by atoms with Crippen LogP contribution in [0.4, 0.5) is 5.88 Å². The Bertz CT molecular complexity index is 1060. The predicted octanol–water partition coefficient (Wildman–Crippen LogP) is 3.12. The highest BCUT2D eigenvalue weighted by Gasteiger charge is 2.22. The third-order valence-corrected chi connectivity index (χ3v) is 5.37. The van der Waals surface area contributed by atoms with E-state index in [0.717, 1.165) is 25.9 Å². The highest BCUT2D eigenvalue weighted by Crippen LogP contribution is 2.29. The van der Waals surface area contributed by atoms with Crippen molar-refractivity contribution in [3.05, 3.63) is 63.8 Å². The zero-order valence-corrected chi connectivity index (χ0v) is 16.2. The van der Waals surface area contributed by atoms with Gasteiger partial charge < -0.3 is 9.32 Å². The molecule has 0 radical (unpaired) electrons. The van der Waals surface area contributed by atoms with E-state index >= 15 is 0 Å². The first-order valence-corrected chi connectivity index (χ1v) is 9.95. The van der Waals surface area contributed by atoms with E-state index < -0.39 is 0 Å². The van der Waals surface area contributed by atoms with Crippen molar-refractivity contribution < 1.29 is 14.1 Å². The number of amides is 1. The van der Waals surface area contributed by atoms with Gasteiger partial charge in [0.1, 0.15) is 5.58 Å². The van der Waals surface area contributed by atoms with Gasteiger partial charge >= 0.3 is 0 Å². The number of fused-ring (bicyclic) bond motifs is 1. The molecule has 1 aliphatic heterocycles. The topological polar surface area (TPSA) is 63.8 Å². The molecular formula is C22H22ClN2O3+. The van der Waals surface area contributed by atoms with Crippen LogP contribution in [0.3, 0.4) is 0 Å². The van der Waals surface area contributed by atoms with Crippen molar-refractivity contribution in [2.75, 3.05) is 25.0 Å². The van der Waals surface area contributed by atoms with E-state index in [1.807, 2.05) is 30.3 Å². The molecule has 4 rings (SSSR count). The second-order valence-corrected chi connectivity index (χ2v) is 7.61. The minimum atomic E-state index is -0.212. The number of benzene rings is 2. The van der Waals surface area contributed by atoms with Gasteiger partial charge in [-0.1, -0.05) is 41.9 Å². The summed E-state index contributed by atoms with van der Waals surface area (Å²) < 4.78 is 5.94. The number of nitrogens with one attached hydrogen (secondary N) is 2. The summed E-state index contributed by atoms with van der Waals surface area (Å²) in [4.78, 5) is 27.1. The molecule has 6 heteroatoms. The molecule has 5 nitrogen and oxygen atoms in total. The van der Waals surface area contributed by atoms with Crippen molar-refractivity contribution in [2.24, 2.45) is 0 Å². The minimum absolute atomic E-state index is 0.148. The molecule has 2 N–H and O–H groups in total. The highest BCUT2D eigenvalue weighted by molar-refractivity contribution is 6.31. The van der Waals surface area contributed by atoms with Gasteiger partial charge in [-0.3, -0.25) is 14.9 Å². The maximum atomic E-state index is 13.2. The maximum Gasteiger partial charge on any atom is 0.281 e. The number of quaternary nitrogens is 1. The monoisotopic (exact) mass is 397 g/mol. The van der Waals surface area contributed by atoms with Crippen LogP contribution >= 0.6 is 11.6 Å². The Balaban J connectivity index is 1.74. The minimum Gasteiger partial charge on any atom is -0.439 e. The smallest absolute Gasteiger partial charge is 0.281 e. The SMILES string of the molecule is O=C(C[NH+]1CCCCC1)Nc1oc2ccc(Cl)cc2c(=O)c1-c1ccccc1. The van der Waals surface area contributed by atoms with Crippen LogP contribution in [0, 0.1) is 0 Å². The van der Waals surface area contributed by atoms with E-state index in [4.69, 9.17) is 16.0 Å². The molecule has 0 aliphatic carbocycles. The van der Waals surface area contributed by atoms with Gasteiger partial charge in [0.25, 0.3) is 5.91 Å². The van der Waals surface area contributed by atoms with Crippen molar-refractivity contribution in [3.8, 4) is 11.1 Å². The second kappa shape index (κ2) is 8.17. The Morgan fingerprint density at radius 1 is 1.07 bits per heavy atom. The van der Waals surface area contributed by atoms with Crippen LogP contribution in [0.2, 0.25) is 5.02 Å². The Morgan fingerprint density at radius 2 is 1.82 bits per heavy atom. The molecule has 0 spiro atoms. The number of carbonyl (C=O) groups excluding carboxylic acids is 1. The lowest BCUT2D eigenvalue weighted by molar-refractivity contribution is -0.896. The summed E-state index contributed by atoms with van der Waals surface area (Å²) >= 11 is 6.07. The summed E-state index contributed by atoms with van der Waals surface area (Å²) in [5.41, 5.74) is 1.22. The average molecular weight is 398 g/mol. The van der Waals surface area contributed by atoms with E-state index in [1.54, 1.807) is 18.2 Å². The summed E-state index contributed by atoms with van der Waals surface area (Å²) in [5.74, 6) is 0.0398. The molecule has 1 saturated heterocycles. The van der Waals surface area contributed by atoms with Crippen molar-refractivity contribution in [1.29, 1.82) is 0 Å². The number of hydrogen-bond acceptors (Lipinski definition) is 3. The molecule has 0 unspecified atom stereocenters. The Morgan fingerprint density at radius 3 is 2.57 bits per heavy atom. The zero-order valence-electron chi connectivity index (χ0n) is 15.5. The van der Waals surface area contributed by atoms with Gasteiger partial charge in [-0.2, -0.15) is 0 Å². The third-order valence-electron chi connectivity index (χ3n) is 5.14. The number of hydrogen-bond donors (Lipinski definition) is 2. The fourth-order valence-corrected chi connectivity index (χ4v) is 3.92. The van der Waals surface area contributed by atoms with Crippen LogP contribution in [-0.4, -0.2) is 25.5 Å². The number of carbonyl (C=O) groups is 1. The molecule has 2 heterocycles. The number of rotatable bonds is 4. The van der Waals surface area contributed by atoms with Gasteiger partial charge in [-0.25, -0.2) is 0 Å². The lowest BCUT2D eigenvalue weighted by Gasteiger charge is -2.22. The molecular weight excluding hydrogens is 376 g/mol. The molecule has 1 amide bonds. The molecule has 2 aromatic carbocycles. The largest absolute Gasteiger partial charge is 0.439 e. The third kappa shape index (κ3) is 3.96. The van der Waals surface area contributed by atoms with E-state index in [9.17, 15) is 9.59 Å². The highest BCUT2D eigenvalue weighted by atomic mass is 35.5. The first kappa shape index (κ1) is 18.7. The standard InChI is InChI=1S/C22H21ClN2O3/c23-16-9-10-18-17(13-16)21(27)20(15-7-3-1-4-8-15)22(28-18)24-19(26)14-25-11-5-2-6-12-25/h1,3-4,7-10,13H,2,5-6,11-12,14H2,(H,24,26)/p+1. The molecule has 0 atom stereocenters. The van der Waals surface area contributed by atoms with E-state index in [0.29, 0.717) is 33.7 Å². The number of likely N-dealkylation sites (tertiary alicyclic amines) is 1. The molecule has 1 aliphatic rings. The molecule has 1 fully saturated rings. The van der Waals surface area contributed by atoms with Gasteiger partial charge in [0.15, 0.2) is 6.54 Å². The first-order valence-electron chi connectivity index (χ1n) is 9.57. The van der Waals surface area contributed by atoms with Crippen LogP contribution in [0.15, 0.2) is 57.7 Å². The lowest BCUT2D eigenvalue weighted by Crippen LogP contribution is -3.13. The Hall–Kier alpha value is -2.63. The quantitative estimate of drug-likeness (QED) is 0.711. The maximum absolute atomic E-state index is 13.2. The van der Waals surface area contributed by atoms with E-state index in [1.165, 1.54) is 11.3 Å². The fraction of sp³-hybridized carbons (Fsp3) is 0.273. The Labute approximate surface area is 167 Å². The first-order chi connectivity index (χ1) is 13.6. The number of anilines is 1. The van der Waals surface area contributed by atoms with Crippen molar-refractivity contribution in [3.63, 3.8) is 0 Å². The van der Waals surface area contributed by atoms with Crippen molar-refractivity contribution in [2.45, 2.75) is 19.3 Å². The fourth-order valence-electron chi connectivity index (χ4n) is 3.75. The van der Waals surface area contributed by atoms with Gasteiger partial charge in [0, 0.05) is 5.02 Å². The summed E-state index contributed by atoms with van der Waals surface area (Å²) in [7, 11) is 0. The van der Waals surface area contributed by atoms with Crippen LogP contribution in [0.1, 0.15) is 19.3 Å². The number of halogens is 1. The van der Waals surface area contributed by atoms with Crippen molar-refractivity contribution >= 4 is 34.4 Å². The van der Waals surface area contributed by atoms with Crippen molar-refractivity contribution in [1.82, 2.24) is 0 Å². The molecule has 1 aromatic heterocycles. The molecule has 28 heavy (non-hydrogen) atoms. The van der Waals surface area contributed by atoms with Gasteiger partial charge in [-0.05, 0) is 43.0 Å². The van der Waals surface area contributed by atoms with Crippen LogP contribution in [0.25, 0.3) is 22.1 Å². The van der Waals surface area contributed by atoms with Crippen LogP contribution < -0.4 is 15.6 Å². The zero-order chi connectivity index (χ0) is 19.5. The second-order valence-electron chi connectivity index (χ2n) is 7.18. The summed E-state index contributed by atoms with van der Waals surface area (Å²) in [6.45, 7) is 2.37. The normalized spacial score (nSPS) is 14.9.